The van der Waals surface area contributed by atoms with E-state index in [1.807, 2.05) is 0 Å². The highest BCUT2D eigenvalue weighted by Gasteiger charge is 2.56. The Balaban J connectivity index is 1.99. The van der Waals surface area contributed by atoms with E-state index in [4.69, 9.17) is 0 Å². The molecule has 86 valence electrons. The van der Waals surface area contributed by atoms with Crippen molar-refractivity contribution in [2.24, 2.45) is 23.2 Å². The quantitative estimate of drug-likeness (QED) is 0.723. The van der Waals surface area contributed by atoms with Crippen LogP contribution in [0.5, 0.6) is 0 Å². The minimum Gasteiger partial charge on any atom is -0.453 e. The first-order chi connectivity index (χ1) is 6.96. The summed E-state index contributed by atoms with van der Waals surface area (Å²) in [6.07, 6.45) is 2.17. The van der Waals surface area contributed by atoms with Crippen molar-refractivity contribution >= 4 is 6.09 Å². The lowest BCUT2D eigenvalue weighted by Crippen LogP contribution is -2.60. The van der Waals surface area contributed by atoms with E-state index in [2.05, 4.69) is 30.8 Å². The van der Waals surface area contributed by atoms with E-state index in [0.29, 0.717) is 17.4 Å². The van der Waals surface area contributed by atoms with Gasteiger partial charge in [0.05, 0.1) is 7.11 Å². The Hall–Kier alpha value is -0.730. The number of carbonyl (C=O) groups excluding carboxylic acids is 1. The van der Waals surface area contributed by atoms with Gasteiger partial charge in [0.25, 0.3) is 0 Å². The maximum Gasteiger partial charge on any atom is 0.407 e. The number of hydrogen-bond donors (Lipinski definition) is 1. The van der Waals surface area contributed by atoms with Gasteiger partial charge >= 0.3 is 6.09 Å². The topological polar surface area (TPSA) is 38.3 Å². The lowest BCUT2D eigenvalue weighted by molar-refractivity contribution is -0.113. The molecular weight excluding hydrogens is 190 g/mol. The Morgan fingerprint density at radius 3 is 2.53 bits per heavy atom. The summed E-state index contributed by atoms with van der Waals surface area (Å²) in [7, 11) is 1.42. The minimum atomic E-state index is -0.286. The molecule has 0 aromatic carbocycles. The van der Waals surface area contributed by atoms with Gasteiger partial charge in [0.2, 0.25) is 0 Å². The SMILES string of the molecule is COC(=O)NC1CC2CC(C1C)C2(C)C. The molecule has 0 aromatic heterocycles. The summed E-state index contributed by atoms with van der Waals surface area (Å²) >= 11 is 0. The molecule has 2 bridgehead atoms. The smallest absolute Gasteiger partial charge is 0.407 e. The van der Waals surface area contributed by atoms with Crippen LogP contribution >= 0.6 is 0 Å². The van der Waals surface area contributed by atoms with Gasteiger partial charge in [-0.1, -0.05) is 20.8 Å². The molecule has 1 N–H and O–H groups in total. The maximum absolute atomic E-state index is 11.2. The van der Waals surface area contributed by atoms with E-state index in [9.17, 15) is 4.79 Å². The van der Waals surface area contributed by atoms with E-state index < -0.39 is 0 Å². The van der Waals surface area contributed by atoms with Crippen molar-refractivity contribution in [1.29, 1.82) is 0 Å². The Bertz CT molecular complexity index is 275. The third kappa shape index (κ3) is 1.52. The molecule has 4 atom stereocenters. The molecule has 1 amide bonds. The Morgan fingerprint density at radius 1 is 1.40 bits per heavy atom. The molecule has 3 saturated carbocycles. The summed E-state index contributed by atoms with van der Waals surface area (Å²) in [5.41, 5.74) is 0.480. The van der Waals surface area contributed by atoms with Crippen LogP contribution in [0.25, 0.3) is 0 Å². The first kappa shape index (κ1) is 10.8. The predicted octanol–water partition coefficient (Wildman–Crippen LogP) is 2.41. The highest BCUT2D eigenvalue weighted by molar-refractivity contribution is 5.67. The molecule has 0 aromatic rings. The van der Waals surface area contributed by atoms with Crippen LogP contribution in [0.2, 0.25) is 0 Å². The number of rotatable bonds is 1. The normalized spacial score (nSPS) is 41.6. The van der Waals surface area contributed by atoms with Crippen LogP contribution in [0.3, 0.4) is 0 Å². The molecule has 0 spiro atoms. The third-order valence-electron chi connectivity index (χ3n) is 4.84. The highest BCUT2D eigenvalue weighted by Crippen LogP contribution is 2.61. The van der Waals surface area contributed by atoms with Crippen LogP contribution in [-0.2, 0) is 4.74 Å². The molecule has 0 heterocycles. The number of nitrogens with one attached hydrogen (secondary N) is 1. The van der Waals surface area contributed by atoms with Crippen molar-refractivity contribution in [2.75, 3.05) is 7.11 Å². The second kappa shape index (κ2) is 3.39. The highest BCUT2D eigenvalue weighted by atomic mass is 16.5. The predicted molar refractivity (Wildman–Crippen MR) is 58.5 cm³/mol. The van der Waals surface area contributed by atoms with Crippen molar-refractivity contribution < 1.29 is 9.53 Å². The first-order valence-electron chi connectivity index (χ1n) is 5.81. The van der Waals surface area contributed by atoms with Gasteiger partial charge in [-0.2, -0.15) is 0 Å². The molecule has 3 rings (SSSR count). The zero-order chi connectivity index (χ0) is 11.2. The summed E-state index contributed by atoms with van der Waals surface area (Å²) < 4.78 is 4.65. The largest absolute Gasteiger partial charge is 0.453 e. The number of hydrogen-bond acceptors (Lipinski definition) is 2. The van der Waals surface area contributed by atoms with Crippen LogP contribution < -0.4 is 5.32 Å². The van der Waals surface area contributed by atoms with Gasteiger partial charge in [0.1, 0.15) is 0 Å². The average molecular weight is 211 g/mol. The van der Waals surface area contributed by atoms with Crippen molar-refractivity contribution in [3.05, 3.63) is 0 Å². The summed E-state index contributed by atoms with van der Waals surface area (Å²) in [6.45, 7) is 6.97. The molecule has 0 saturated heterocycles. The third-order valence-corrected chi connectivity index (χ3v) is 4.84. The average Bonchev–Trinajstić information content (AvgIpc) is 2.19. The van der Waals surface area contributed by atoms with Gasteiger partial charge in [-0.25, -0.2) is 4.79 Å². The van der Waals surface area contributed by atoms with Crippen molar-refractivity contribution in [2.45, 2.75) is 39.7 Å². The number of amides is 1. The Kier molecular flexibility index (Phi) is 2.44. The number of fused-ring (bicyclic) bond motifs is 2. The van der Waals surface area contributed by atoms with Crippen molar-refractivity contribution in [1.82, 2.24) is 5.32 Å². The molecule has 3 fully saturated rings. The standard InChI is InChI=1S/C12H21NO2/c1-7-9-5-8(12(9,2)3)6-10(7)13-11(14)15-4/h7-10H,5-6H2,1-4H3,(H,13,14). The fourth-order valence-electron chi connectivity index (χ4n) is 3.55. The monoisotopic (exact) mass is 211 g/mol. The maximum atomic E-state index is 11.2. The Morgan fingerprint density at radius 2 is 2.07 bits per heavy atom. The summed E-state index contributed by atoms with van der Waals surface area (Å²) in [4.78, 5) is 11.2. The zero-order valence-corrected chi connectivity index (χ0v) is 10.0. The van der Waals surface area contributed by atoms with E-state index in [0.717, 1.165) is 18.3 Å². The molecule has 3 nitrogen and oxygen atoms in total. The van der Waals surface area contributed by atoms with E-state index in [1.165, 1.54) is 13.5 Å². The van der Waals surface area contributed by atoms with E-state index >= 15 is 0 Å². The minimum absolute atomic E-state index is 0.286. The van der Waals surface area contributed by atoms with Gasteiger partial charge in [-0.05, 0) is 36.0 Å². The fourth-order valence-corrected chi connectivity index (χ4v) is 3.55. The van der Waals surface area contributed by atoms with Crippen molar-refractivity contribution in [3.8, 4) is 0 Å². The second-order valence-electron chi connectivity index (χ2n) is 5.70. The van der Waals surface area contributed by atoms with Gasteiger partial charge in [-0.3, -0.25) is 0 Å². The van der Waals surface area contributed by atoms with Crippen LogP contribution in [0.15, 0.2) is 0 Å². The fraction of sp³-hybridized carbons (Fsp3) is 0.917. The van der Waals surface area contributed by atoms with Crippen LogP contribution in [0, 0.1) is 23.2 Å². The number of carbonyl (C=O) groups is 1. The summed E-state index contributed by atoms with van der Waals surface area (Å²) in [6, 6.07) is 0.314. The van der Waals surface area contributed by atoms with Crippen LogP contribution in [-0.4, -0.2) is 19.2 Å². The summed E-state index contributed by atoms with van der Waals surface area (Å²) in [5.74, 6) is 2.11. The van der Waals surface area contributed by atoms with Crippen LogP contribution in [0.4, 0.5) is 4.79 Å². The zero-order valence-electron chi connectivity index (χ0n) is 10.0. The molecule has 4 unspecified atom stereocenters. The van der Waals surface area contributed by atoms with E-state index in [1.54, 1.807) is 0 Å². The molecular formula is C12H21NO2. The van der Waals surface area contributed by atoms with Gasteiger partial charge in [0, 0.05) is 6.04 Å². The second-order valence-corrected chi connectivity index (χ2v) is 5.70. The van der Waals surface area contributed by atoms with Gasteiger partial charge in [0.15, 0.2) is 0 Å². The molecule has 3 aliphatic carbocycles. The lowest BCUT2D eigenvalue weighted by atomic mass is 9.45. The molecule has 3 aliphatic rings. The lowest BCUT2D eigenvalue weighted by Gasteiger charge is -2.62. The van der Waals surface area contributed by atoms with E-state index in [-0.39, 0.29) is 6.09 Å². The first-order valence-corrected chi connectivity index (χ1v) is 5.81. The number of ether oxygens (including phenoxy) is 1. The number of alkyl carbamates (subject to hydrolysis) is 1. The van der Waals surface area contributed by atoms with Crippen LogP contribution in [0.1, 0.15) is 33.6 Å². The molecule has 0 radical (unpaired) electrons. The Labute approximate surface area is 91.6 Å². The van der Waals surface area contributed by atoms with Gasteiger partial charge < -0.3 is 10.1 Å². The van der Waals surface area contributed by atoms with Crippen molar-refractivity contribution in [3.63, 3.8) is 0 Å². The summed E-state index contributed by atoms with van der Waals surface area (Å²) in [5, 5.41) is 2.96. The molecule has 3 heteroatoms. The molecule has 15 heavy (non-hydrogen) atoms. The van der Waals surface area contributed by atoms with Gasteiger partial charge in [-0.15, -0.1) is 0 Å². The number of methoxy groups -OCH3 is 1. The molecule has 0 aliphatic heterocycles.